The fraction of sp³-hybridized carbons (Fsp3) is 0.619. The minimum Gasteiger partial charge on any atom is -0.460 e. The lowest BCUT2D eigenvalue weighted by molar-refractivity contribution is -0.155. The van der Waals surface area contributed by atoms with Crippen LogP contribution in [-0.4, -0.2) is 61.8 Å². The second-order valence-corrected chi connectivity index (χ2v) is 10.4. The van der Waals surface area contributed by atoms with Gasteiger partial charge in [-0.25, -0.2) is 8.42 Å². The van der Waals surface area contributed by atoms with Crippen molar-refractivity contribution in [3.63, 3.8) is 0 Å². The molecule has 7 nitrogen and oxygen atoms in total. The van der Waals surface area contributed by atoms with E-state index in [0.717, 1.165) is 0 Å². The molecule has 1 aromatic rings. The van der Waals surface area contributed by atoms with Crippen LogP contribution >= 0.6 is 0 Å². The Morgan fingerprint density at radius 3 is 2.28 bits per heavy atom. The third-order valence-electron chi connectivity index (χ3n) is 4.85. The van der Waals surface area contributed by atoms with Gasteiger partial charge in [0.15, 0.2) is 0 Å². The normalized spacial score (nSPS) is 16.4. The van der Waals surface area contributed by atoms with Crippen molar-refractivity contribution in [1.29, 1.82) is 0 Å². The van der Waals surface area contributed by atoms with Crippen LogP contribution in [0.4, 0.5) is 0 Å². The second kappa shape index (κ2) is 9.71. The van der Waals surface area contributed by atoms with Crippen molar-refractivity contribution < 1.29 is 22.7 Å². The maximum absolute atomic E-state index is 12.7. The summed E-state index contributed by atoms with van der Waals surface area (Å²) in [5.74, 6) is -0.451. The van der Waals surface area contributed by atoms with Crippen LogP contribution in [0, 0.1) is 5.92 Å². The van der Waals surface area contributed by atoms with Gasteiger partial charge in [-0.1, -0.05) is 18.2 Å². The van der Waals surface area contributed by atoms with Crippen molar-refractivity contribution in [2.75, 3.05) is 26.7 Å². The Kier molecular flexibility index (Phi) is 7.82. The number of sulfonamides is 1. The molecule has 1 fully saturated rings. The van der Waals surface area contributed by atoms with Gasteiger partial charge >= 0.3 is 5.97 Å². The van der Waals surface area contributed by atoms with Crippen LogP contribution in [0.5, 0.6) is 0 Å². The first-order valence-electron chi connectivity index (χ1n) is 10.0. The average Bonchev–Trinajstić information content (AvgIpc) is 2.66. The molecule has 0 aliphatic carbocycles. The summed E-state index contributed by atoms with van der Waals surface area (Å²) >= 11 is 0. The highest BCUT2D eigenvalue weighted by atomic mass is 32.2. The first-order valence-corrected chi connectivity index (χ1v) is 11.5. The Hall–Kier alpha value is -1.93. The van der Waals surface area contributed by atoms with Gasteiger partial charge in [0.05, 0.1) is 4.90 Å². The summed E-state index contributed by atoms with van der Waals surface area (Å²) < 4.78 is 32.1. The van der Waals surface area contributed by atoms with Crippen molar-refractivity contribution in [2.24, 2.45) is 5.92 Å². The molecule has 162 valence electrons. The largest absolute Gasteiger partial charge is 0.460 e. The minimum atomic E-state index is -3.51. The van der Waals surface area contributed by atoms with E-state index < -0.39 is 15.6 Å². The number of ether oxygens (including phenoxy) is 1. The van der Waals surface area contributed by atoms with Gasteiger partial charge in [0, 0.05) is 39.0 Å². The summed E-state index contributed by atoms with van der Waals surface area (Å²) in [6.45, 7) is 6.61. The molecular weight excluding hydrogens is 392 g/mol. The zero-order valence-corrected chi connectivity index (χ0v) is 18.6. The Morgan fingerprint density at radius 2 is 1.72 bits per heavy atom. The molecule has 0 N–H and O–H groups in total. The van der Waals surface area contributed by atoms with Crippen LogP contribution in [-0.2, 0) is 24.3 Å². The van der Waals surface area contributed by atoms with E-state index in [1.807, 2.05) is 20.8 Å². The van der Waals surface area contributed by atoms with Crippen LogP contribution in [0.2, 0.25) is 0 Å². The highest BCUT2D eigenvalue weighted by Gasteiger charge is 2.33. The van der Waals surface area contributed by atoms with E-state index in [0.29, 0.717) is 38.9 Å². The summed E-state index contributed by atoms with van der Waals surface area (Å²) in [5.41, 5.74) is -0.507. The van der Waals surface area contributed by atoms with Gasteiger partial charge in [-0.15, -0.1) is 0 Å². The fourth-order valence-corrected chi connectivity index (χ4v) is 4.85. The number of nitrogens with zero attached hydrogens (tertiary/aromatic N) is 2. The van der Waals surface area contributed by atoms with E-state index in [4.69, 9.17) is 4.74 Å². The lowest BCUT2D eigenvalue weighted by atomic mass is 9.96. The summed E-state index contributed by atoms with van der Waals surface area (Å²) in [6.07, 6.45) is 1.81. The third-order valence-corrected chi connectivity index (χ3v) is 6.77. The van der Waals surface area contributed by atoms with E-state index in [9.17, 15) is 18.0 Å². The van der Waals surface area contributed by atoms with Gasteiger partial charge in [-0.2, -0.15) is 4.31 Å². The molecule has 0 radical (unpaired) electrons. The van der Waals surface area contributed by atoms with Crippen molar-refractivity contribution in [3.8, 4) is 0 Å². The molecular formula is C21H32N2O5S. The van der Waals surface area contributed by atoms with Crippen molar-refractivity contribution in [2.45, 2.75) is 57.0 Å². The standard InChI is InChI=1S/C21H32N2O5S/c1-21(2,3)28-19(24)11-8-14-22(4)20(25)17-12-15-23(16-13-17)29(26,27)18-9-6-5-7-10-18/h5-7,9-10,17H,8,11-16H2,1-4H3. The summed E-state index contributed by atoms with van der Waals surface area (Å²) in [6, 6.07) is 8.36. The number of carbonyl (C=O) groups excluding carboxylic acids is 2. The monoisotopic (exact) mass is 424 g/mol. The van der Waals surface area contributed by atoms with Crippen LogP contribution in [0.3, 0.4) is 0 Å². The first-order chi connectivity index (χ1) is 13.5. The Labute approximate surface area is 174 Å². The van der Waals surface area contributed by atoms with Crippen LogP contribution in [0.25, 0.3) is 0 Å². The highest BCUT2D eigenvalue weighted by Crippen LogP contribution is 2.25. The first kappa shape index (κ1) is 23.3. The maximum atomic E-state index is 12.7. The van der Waals surface area contributed by atoms with Gasteiger partial charge in [-0.3, -0.25) is 9.59 Å². The van der Waals surface area contributed by atoms with Crippen molar-refractivity contribution in [1.82, 2.24) is 9.21 Å². The lowest BCUT2D eigenvalue weighted by Crippen LogP contribution is -2.43. The Balaban J connectivity index is 1.80. The van der Waals surface area contributed by atoms with E-state index in [1.54, 1.807) is 42.3 Å². The summed E-state index contributed by atoms with van der Waals surface area (Å²) in [4.78, 5) is 26.4. The van der Waals surface area contributed by atoms with E-state index >= 15 is 0 Å². The number of amides is 1. The molecule has 1 aliphatic rings. The number of carbonyl (C=O) groups is 2. The highest BCUT2D eigenvalue weighted by molar-refractivity contribution is 7.89. The topological polar surface area (TPSA) is 84.0 Å². The quantitative estimate of drug-likeness (QED) is 0.629. The van der Waals surface area contributed by atoms with Crippen LogP contribution in [0.15, 0.2) is 35.2 Å². The minimum absolute atomic E-state index is 0.00551. The van der Waals surface area contributed by atoms with Crippen LogP contribution in [0.1, 0.15) is 46.5 Å². The average molecular weight is 425 g/mol. The third kappa shape index (κ3) is 6.82. The predicted octanol–water partition coefficient (Wildman–Crippen LogP) is 2.67. The molecule has 8 heteroatoms. The molecule has 0 unspecified atom stereocenters. The van der Waals surface area contributed by atoms with Crippen molar-refractivity contribution in [3.05, 3.63) is 30.3 Å². The molecule has 0 spiro atoms. The molecule has 0 bridgehead atoms. The van der Waals surface area contributed by atoms with E-state index in [-0.39, 0.29) is 29.1 Å². The zero-order valence-electron chi connectivity index (χ0n) is 17.8. The van der Waals surface area contributed by atoms with Crippen LogP contribution < -0.4 is 0 Å². The zero-order chi connectivity index (χ0) is 21.7. The smallest absolute Gasteiger partial charge is 0.306 e. The lowest BCUT2D eigenvalue weighted by Gasteiger charge is -2.32. The number of esters is 1. The number of hydrogen-bond donors (Lipinski definition) is 0. The SMILES string of the molecule is CN(CCCC(=O)OC(C)(C)C)C(=O)C1CCN(S(=O)(=O)c2ccccc2)CC1. The molecule has 1 heterocycles. The molecule has 0 atom stereocenters. The predicted molar refractivity (Wildman–Crippen MR) is 111 cm³/mol. The number of rotatable bonds is 7. The summed E-state index contributed by atoms with van der Waals surface area (Å²) in [7, 11) is -1.79. The second-order valence-electron chi connectivity index (χ2n) is 8.44. The van der Waals surface area contributed by atoms with Gasteiger partial charge in [0.2, 0.25) is 15.9 Å². The molecule has 1 aromatic carbocycles. The molecule has 1 saturated heterocycles. The molecule has 0 aromatic heterocycles. The molecule has 29 heavy (non-hydrogen) atoms. The number of benzene rings is 1. The van der Waals surface area contributed by atoms with Gasteiger partial charge < -0.3 is 9.64 Å². The maximum Gasteiger partial charge on any atom is 0.306 e. The van der Waals surface area contributed by atoms with Crippen molar-refractivity contribution >= 4 is 21.9 Å². The van der Waals surface area contributed by atoms with Gasteiger partial charge in [0.1, 0.15) is 5.60 Å². The number of hydrogen-bond acceptors (Lipinski definition) is 5. The van der Waals surface area contributed by atoms with E-state index in [1.165, 1.54) is 4.31 Å². The summed E-state index contributed by atoms with van der Waals surface area (Å²) in [5, 5.41) is 0. The molecule has 1 aliphatic heterocycles. The fourth-order valence-electron chi connectivity index (χ4n) is 3.36. The Bertz CT molecular complexity index is 794. The number of piperidine rings is 1. The van der Waals surface area contributed by atoms with Gasteiger partial charge in [-0.05, 0) is 52.2 Å². The molecule has 2 rings (SSSR count). The molecule has 1 amide bonds. The molecule has 0 saturated carbocycles. The van der Waals surface area contributed by atoms with E-state index in [2.05, 4.69) is 0 Å². The van der Waals surface area contributed by atoms with Gasteiger partial charge in [0.25, 0.3) is 0 Å². The Morgan fingerprint density at radius 1 is 1.14 bits per heavy atom.